The molecule has 3 N–H and O–H groups in total. The Balaban J connectivity index is 1.70. The molecular weight excluding hydrogens is 446 g/mol. The molecule has 3 rings (SSSR count). The lowest BCUT2D eigenvalue weighted by atomic mass is 9.92. The van der Waals surface area contributed by atoms with Crippen molar-refractivity contribution in [3.63, 3.8) is 0 Å². The molecule has 1 unspecified atom stereocenters. The number of unbranched alkanes of at least 4 members (excludes halogenated alkanes) is 1. The molecule has 8 nitrogen and oxygen atoms in total. The molecule has 2 amide bonds. The monoisotopic (exact) mass is 477 g/mol. The van der Waals surface area contributed by atoms with Crippen molar-refractivity contribution in [1.82, 2.24) is 10.6 Å². The minimum absolute atomic E-state index is 0.0926. The SMILES string of the molecule is CCC(CC)(NC(=O)C(CCCC#N)NC(=O)OCC1c2ccccc2-c2ccccc21)C(=O)O. The van der Waals surface area contributed by atoms with Crippen LogP contribution < -0.4 is 10.6 Å². The molecule has 8 heteroatoms. The van der Waals surface area contributed by atoms with Gasteiger partial charge in [0.05, 0.1) is 6.07 Å². The van der Waals surface area contributed by atoms with Gasteiger partial charge in [-0.1, -0.05) is 62.4 Å². The zero-order chi connectivity index (χ0) is 25.4. The van der Waals surface area contributed by atoms with E-state index in [1.54, 1.807) is 13.8 Å². The first-order valence-corrected chi connectivity index (χ1v) is 11.9. The Kier molecular flexibility index (Phi) is 8.48. The Morgan fingerprint density at radius 1 is 1.06 bits per heavy atom. The zero-order valence-electron chi connectivity index (χ0n) is 20.0. The summed E-state index contributed by atoms with van der Waals surface area (Å²) in [5.74, 6) is -1.87. The van der Waals surface area contributed by atoms with E-state index in [0.717, 1.165) is 22.3 Å². The second-order valence-electron chi connectivity index (χ2n) is 8.66. The highest BCUT2D eigenvalue weighted by Crippen LogP contribution is 2.44. The van der Waals surface area contributed by atoms with Gasteiger partial charge in [-0.3, -0.25) is 4.79 Å². The van der Waals surface area contributed by atoms with Gasteiger partial charge >= 0.3 is 12.1 Å². The van der Waals surface area contributed by atoms with Crippen molar-refractivity contribution in [2.75, 3.05) is 6.61 Å². The molecule has 35 heavy (non-hydrogen) atoms. The number of nitrogens with zero attached hydrogens (tertiary/aromatic N) is 1. The second-order valence-corrected chi connectivity index (χ2v) is 8.66. The molecule has 184 valence electrons. The summed E-state index contributed by atoms with van der Waals surface area (Å²) in [5.41, 5.74) is 2.93. The van der Waals surface area contributed by atoms with Crippen LogP contribution >= 0.6 is 0 Å². The summed E-state index contributed by atoms with van der Waals surface area (Å²) in [4.78, 5) is 37.5. The minimum Gasteiger partial charge on any atom is -0.480 e. The molecule has 1 aliphatic rings. The summed E-state index contributed by atoms with van der Waals surface area (Å²) in [6, 6.07) is 16.9. The van der Waals surface area contributed by atoms with E-state index in [0.29, 0.717) is 6.42 Å². The number of alkyl carbamates (subject to hydrolysis) is 1. The first-order chi connectivity index (χ1) is 16.9. The molecule has 0 fully saturated rings. The number of hydrogen-bond acceptors (Lipinski definition) is 5. The lowest BCUT2D eigenvalue weighted by Gasteiger charge is -2.30. The molecule has 1 atom stereocenters. The molecule has 0 aromatic heterocycles. The fourth-order valence-electron chi connectivity index (χ4n) is 4.54. The number of ether oxygens (including phenoxy) is 1. The van der Waals surface area contributed by atoms with Crippen molar-refractivity contribution in [2.45, 2.75) is 63.5 Å². The number of carbonyl (C=O) groups excluding carboxylic acids is 2. The van der Waals surface area contributed by atoms with Crippen molar-refractivity contribution in [3.05, 3.63) is 59.7 Å². The van der Waals surface area contributed by atoms with Gasteiger partial charge in [-0.25, -0.2) is 9.59 Å². The van der Waals surface area contributed by atoms with E-state index < -0.39 is 29.6 Å². The van der Waals surface area contributed by atoms with Gasteiger partial charge in [-0.05, 0) is 47.9 Å². The highest BCUT2D eigenvalue weighted by Gasteiger charge is 2.38. The van der Waals surface area contributed by atoms with Crippen LogP contribution in [0.2, 0.25) is 0 Å². The van der Waals surface area contributed by atoms with Gasteiger partial charge < -0.3 is 20.5 Å². The molecule has 2 aromatic rings. The largest absolute Gasteiger partial charge is 0.480 e. The molecule has 0 saturated carbocycles. The standard InChI is InChI=1S/C27H31N3O5/c1-3-27(4-2,25(32)33)30-24(31)23(15-9-10-16-28)29-26(34)35-17-22-20-13-7-5-11-18(20)19-12-6-8-14-21(19)22/h5-8,11-14,22-23H,3-4,9-10,15,17H2,1-2H3,(H,29,34)(H,30,31)(H,32,33). The third-order valence-electron chi connectivity index (χ3n) is 6.71. The molecule has 0 saturated heterocycles. The molecule has 0 aliphatic heterocycles. The smallest absolute Gasteiger partial charge is 0.407 e. The average Bonchev–Trinajstić information content (AvgIpc) is 3.19. The van der Waals surface area contributed by atoms with Crippen molar-refractivity contribution < 1.29 is 24.2 Å². The van der Waals surface area contributed by atoms with E-state index in [2.05, 4.69) is 10.6 Å². The average molecular weight is 478 g/mol. The molecule has 0 heterocycles. The third kappa shape index (κ3) is 5.62. The first kappa shape index (κ1) is 25.8. The summed E-state index contributed by atoms with van der Waals surface area (Å²) in [6.45, 7) is 3.46. The van der Waals surface area contributed by atoms with Crippen LogP contribution in [0.25, 0.3) is 11.1 Å². The Morgan fingerprint density at radius 3 is 2.14 bits per heavy atom. The number of benzene rings is 2. The van der Waals surface area contributed by atoms with Crippen molar-refractivity contribution in [3.8, 4) is 17.2 Å². The van der Waals surface area contributed by atoms with Crippen LogP contribution in [-0.4, -0.2) is 41.3 Å². The molecular formula is C27H31N3O5. The normalized spacial score (nSPS) is 13.2. The Labute approximate surface area is 205 Å². The van der Waals surface area contributed by atoms with E-state index in [4.69, 9.17) is 10.00 Å². The quantitative estimate of drug-likeness (QED) is 0.413. The summed E-state index contributed by atoms with van der Waals surface area (Å²) in [5, 5.41) is 23.7. The Morgan fingerprint density at radius 2 is 1.63 bits per heavy atom. The maximum Gasteiger partial charge on any atom is 0.407 e. The highest BCUT2D eigenvalue weighted by molar-refractivity contribution is 5.91. The van der Waals surface area contributed by atoms with Crippen molar-refractivity contribution >= 4 is 18.0 Å². The van der Waals surface area contributed by atoms with E-state index in [9.17, 15) is 19.5 Å². The number of amides is 2. The number of aliphatic carboxylic acids is 1. The number of carbonyl (C=O) groups is 3. The van der Waals surface area contributed by atoms with Crippen molar-refractivity contribution in [1.29, 1.82) is 5.26 Å². The van der Waals surface area contributed by atoms with Gasteiger partial charge in [0.15, 0.2) is 0 Å². The lowest BCUT2D eigenvalue weighted by Crippen LogP contribution is -2.59. The number of nitriles is 1. The predicted molar refractivity (Wildman–Crippen MR) is 131 cm³/mol. The summed E-state index contributed by atoms with van der Waals surface area (Å²) >= 11 is 0. The molecule has 0 bridgehead atoms. The number of carboxylic acids is 1. The molecule has 2 aromatic carbocycles. The fourth-order valence-corrected chi connectivity index (χ4v) is 4.54. The lowest BCUT2D eigenvalue weighted by molar-refractivity contribution is -0.148. The van der Waals surface area contributed by atoms with Crippen LogP contribution in [0.1, 0.15) is 63.0 Å². The second kappa shape index (κ2) is 11.5. The molecule has 0 radical (unpaired) electrons. The van der Waals surface area contributed by atoms with Crippen molar-refractivity contribution in [2.24, 2.45) is 0 Å². The van der Waals surface area contributed by atoms with Crippen LogP contribution in [0.5, 0.6) is 0 Å². The van der Waals surface area contributed by atoms with Gasteiger partial charge in [0.25, 0.3) is 0 Å². The fraction of sp³-hybridized carbons (Fsp3) is 0.407. The minimum atomic E-state index is -1.42. The number of nitrogens with one attached hydrogen (secondary N) is 2. The maximum absolute atomic E-state index is 13.0. The number of hydrogen-bond donors (Lipinski definition) is 3. The van der Waals surface area contributed by atoms with Gasteiger partial charge in [-0.15, -0.1) is 0 Å². The summed E-state index contributed by atoms with van der Waals surface area (Å²) in [6.07, 6.45) is 0.393. The van der Waals surface area contributed by atoms with Crippen LogP contribution in [0.15, 0.2) is 48.5 Å². The van der Waals surface area contributed by atoms with Crippen LogP contribution in [0.4, 0.5) is 4.79 Å². The number of fused-ring (bicyclic) bond motifs is 3. The van der Waals surface area contributed by atoms with Crippen LogP contribution in [0, 0.1) is 11.3 Å². The molecule has 1 aliphatic carbocycles. The summed E-state index contributed by atoms with van der Waals surface area (Å²) in [7, 11) is 0. The van der Waals surface area contributed by atoms with E-state index in [-0.39, 0.29) is 38.2 Å². The van der Waals surface area contributed by atoms with Gasteiger partial charge in [-0.2, -0.15) is 5.26 Å². The first-order valence-electron chi connectivity index (χ1n) is 11.9. The summed E-state index contributed by atoms with van der Waals surface area (Å²) < 4.78 is 5.55. The Hall–Kier alpha value is -3.86. The van der Waals surface area contributed by atoms with E-state index in [1.165, 1.54) is 0 Å². The number of carboxylic acid groups (broad SMARTS) is 1. The zero-order valence-corrected chi connectivity index (χ0v) is 20.0. The van der Waals surface area contributed by atoms with Gasteiger partial charge in [0, 0.05) is 12.3 Å². The topological polar surface area (TPSA) is 129 Å². The Bertz CT molecular complexity index is 1070. The van der Waals surface area contributed by atoms with Crippen LogP contribution in [-0.2, 0) is 14.3 Å². The van der Waals surface area contributed by atoms with E-state index in [1.807, 2.05) is 54.6 Å². The van der Waals surface area contributed by atoms with Gasteiger partial charge in [0.2, 0.25) is 5.91 Å². The molecule has 0 spiro atoms. The van der Waals surface area contributed by atoms with Gasteiger partial charge in [0.1, 0.15) is 18.2 Å². The van der Waals surface area contributed by atoms with E-state index >= 15 is 0 Å². The maximum atomic E-state index is 13.0. The third-order valence-corrected chi connectivity index (χ3v) is 6.71. The highest BCUT2D eigenvalue weighted by atomic mass is 16.5. The van der Waals surface area contributed by atoms with Crippen LogP contribution in [0.3, 0.4) is 0 Å². The predicted octanol–water partition coefficient (Wildman–Crippen LogP) is 4.35. The number of rotatable bonds is 11.